The van der Waals surface area contributed by atoms with Crippen molar-refractivity contribution in [3.63, 3.8) is 0 Å². The van der Waals surface area contributed by atoms with Gasteiger partial charge in [-0.25, -0.2) is 0 Å². The van der Waals surface area contributed by atoms with Gasteiger partial charge in [-0.3, -0.25) is 9.59 Å². The van der Waals surface area contributed by atoms with E-state index in [4.69, 9.17) is 0 Å². The number of rotatable bonds is 5. The maximum atomic E-state index is 11.7. The van der Waals surface area contributed by atoms with Crippen LogP contribution in [-0.4, -0.2) is 36.8 Å². The monoisotopic (exact) mass is 264 g/mol. The molecule has 1 aromatic rings. The molecule has 0 aliphatic rings. The highest BCUT2D eigenvalue weighted by molar-refractivity contribution is 5.93. The lowest BCUT2D eigenvalue weighted by atomic mass is 10.3. The van der Waals surface area contributed by atoms with Crippen molar-refractivity contribution in [2.24, 2.45) is 0 Å². The number of carbonyl (C=O) groups excluding carboxylic acids is 1. The van der Waals surface area contributed by atoms with Crippen LogP contribution >= 0.6 is 0 Å². The van der Waals surface area contributed by atoms with E-state index in [9.17, 15) is 22.8 Å². The summed E-state index contributed by atoms with van der Waals surface area (Å²) in [5.41, 5.74) is -0.134. The van der Waals surface area contributed by atoms with Gasteiger partial charge in [0.2, 0.25) is 5.56 Å². The quantitative estimate of drug-likeness (QED) is 0.768. The number of aromatic amines is 1. The minimum Gasteiger partial charge on any atom is -0.370 e. The smallest absolute Gasteiger partial charge is 0.370 e. The lowest BCUT2D eigenvalue weighted by Gasteiger charge is -2.08. The Morgan fingerprint density at radius 2 is 2.11 bits per heavy atom. The lowest BCUT2D eigenvalue weighted by molar-refractivity contribution is -0.173. The second-order valence-corrected chi connectivity index (χ2v) is 3.37. The third-order valence-corrected chi connectivity index (χ3v) is 1.84. The van der Waals surface area contributed by atoms with Crippen molar-refractivity contribution in [1.29, 1.82) is 0 Å². The number of hydrogen-bond acceptors (Lipinski definition) is 3. The number of nitrogens with one attached hydrogen (secondary N) is 2. The number of H-pyrrole nitrogens is 1. The van der Waals surface area contributed by atoms with E-state index in [2.05, 4.69) is 15.0 Å². The Hall–Kier alpha value is -1.83. The lowest BCUT2D eigenvalue weighted by Crippen LogP contribution is -2.29. The number of halogens is 3. The maximum Gasteiger partial charge on any atom is 0.411 e. The fraction of sp³-hybridized carbons (Fsp3) is 0.400. The third-order valence-electron chi connectivity index (χ3n) is 1.84. The SMILES string of the molecule is O=C(NCCOCC(F)(F)F)c1ccc(=O)[nH]c1. The molecule has 1 aromatic heterocycles. The summed E-state index contributed by atoms with van der Waals surface area (Å²) in [7, 11) is 0. The van der Waals surface area contributed by atoms with E-state index in [1.54, 1.807) is 0 Å². The molecule has 2 N–H and O–H groups in total. The molecule has 0 atom stereocenters. The normalized spacial score (nSPS) is 11.3. The summed E-state index contributed by atoms with van der Waals surface area (Å²) in [6.45, 7) is -1.63. The molecule has 0 radical (unpaired) electrons. The molecule has 1 heterocycles. The van der Waals surface area contributed by atoms with Gasteiger partial charge in [0.25, 0.3) is 5.91 Å². The second kappa shape index (κ2) is 6.20. The first-order chi connectivity index (χ1) is 8.38. The van der Waals surface area contributed by atoms with Crippen LogP contribution in [0.1, 0.15) is 10.4 Å². The van der Waals surface area contributed by atoms with Gasteiger partial charge in [0.05, 0.1) is 12.2 Å². The Morgan fingerprint density at radius 1 is 1.39 bits per heavy atom. The molecule has 0 saturated heterocycles. The summed E-state index contributed by atoms with van der Waals surface area (Å²) in [4.78, 5) is 24.4. The van der Waals surface area contributed by atoms with Crippen LogP contribution in [0.3, 0.4) is 0 Å². The molecule has 0 unspecified atom stereocenters. The van der Waals surface area contributed by atoms with E-state index in [0.29, 0.717) is 0 Å². The van der Waals surface area contributed by atoms with Crippen molar-refractivity contribution < 1.29 is 22.7 Å². The Labute approximate surface area is 100.0 Å². The van der Waals surface area contributed by atoms with Crippen LogP contribution in [0.5, 0.6) is 0 Å². The molecular weight excluding hydrogens is 253 g/mol. The van der Waals surface area contributed by atoms with Gasteiger partial charge >= 0.3 is 6.18 Å². The van der Waals surface area contributed by atoms with Gasteiger partial charge in [0.1, 0.15) is 6.61 Å². The highest BCUT2D eigenvalue weighted by Gasteiger charge is 2.27. The fourth-order valence-electron chi connectivity index (χ4n) is 1.08. The van der Waals surface area contributed by atoms with Crippen LogP contribution in [0.25, 0.3) is 0 Å². The first-order valence-electron chi connectivity index (χ1n) is 5.00. The van der Waals surface area contributed by atoms with Crippen molar-refractivity contribution in [2.45, 2.75) is 6.18 Å². The Balaban J connectivity index is 2.26. The predicted molar refractivity (Wildman–Crippen MR) is 56.3 cm³/mol. The number of amides is 1. The Morgan fingerprint density at radius 3 is 2.67 bits per heavy atom. The van der Waals surface area contributed by atoms with Crippen LogP contribution in [0.2, 0.25) is 0 Å². The molecular formula is C10H11F3N2O3. The molecule has 5 nitrogen and oxygen atoms in total. The fourth-order valence-corrected chi connectivity index (χ4v) is 1.08. The van der Waals surface area contributed by atoms with E-state index in [0.717, 1.165) is 0 Å². The zero-order valence-corrected chi connectivity index (χ0v) is 9.21. The highest BCUT2D eigenvalue weighted by atomic mass is 19.4. The van der Waals surface area contributed by atoms with Crippen LogP contribution < -0.4 is 10.9 Å². The second-order valence-electron chi connectivity index (χ2n) is 3.37. The van der Waals surface area contributed by atoms with E-state index in [1.807, 2.05) is 0 Å². The van der Waals surface area contributed by atoms with Crippen LogP contribution in [0, 0.1) is 0 Å². The first kappa shape index (κ1) is 14.2. The number of hydrogen-bond donors (Lipinski definition) is 2. The molecule has 0 aliphatic heterocycles. The summed E-state index contributed by atoms with van der Waals surface area (Å²) < 4.78 is 39.4. The molecule has 1 rings (SSSR count). The van der Waals surface area contributed by atoms with E-state index in [1.165, 1.54) is 18.3 Å². The van der Waals surface area contributed by atoms with Gasteiger partial charge in [-0.1, -0.05) is 0 Å². The molecule has 100 valence electrons. The largest absolute Gasteiger partial charge is 0.411 e. The van der Waals surface area contributed by atoms with Crippen LogP contribution in [0.15, 0.2) is 23.1 Å². The molecule has 0 aromatic carbocycles. The van der Waals surface area contributed by atoms with Gasteiger partial charge in [-0.05, 0) is 6.07 Å². The molecule has 0 saturated carbocycles. The molecule has 0 aliphatic carbocycles. The number of aromatic nitrogens is 1. The summed E-state index contributed by atoms with van der Waals surface area (Å²) in [6, 6.07) is 2.49. The topological polar surface area (TPSA) is 71.2 Å². The van der Waals surface area contributed by atoms with Crippen molar-refractivity contribution in [2.75, 3.05) is 19.8 Å². The average molecular weight is 264 g/mol. The van der Waals surface area contributed by atoms with Crippen LogP contribution in [0.4, 0.5) is 13.2 Å². The van der Waals surface area contributed by atoms with Crippen LogP contribution in [-0.2, 0) is 4.74 Å². The van der Waals surface area contributed by atoms with Crippen molar-refractivity contribution in [3.8, 4) is 0 Å². The third kappa shape index (κ3) is 5.48. The van der Waals surface area contributed by atoms with Crippen molar-refractivity contribution in [3.05, 3.63) is 34.2 Å². The van der Waals surface area contributed by atoms with Gasteiger partial charge in [-0.15, -0.1) is 0 Å². The Bertz CT molecular complexity index is 436. The van der Waals surface area contributed by atoms with Gasteiger partial charge < -0.3 is 15.0 Å². The predicted octanol–water partition coefficient (Wildman–Crippen LogP) is 0.684. The molecule has 0 spiro atoms. The van der Waals surface area contributed by atoms with Gasteiger partial charge in [-0.2, -0.15) is 13.2 Å². The standard InChI is InChI=1S/C10H11F3N2O3/c11-10(12,13)6-18-4-3-14-9(17)7-1-2-8(16)15-5-7/h1-2,5H,3-4,6H2,(H,14,17)(H,15,16). The summed E-state index contributed by atoms with van der Waals surface area (Å²) in [5, 5.41) is 2.35. The van der Waals surface area contributed by atoms with E-state index >= 15 is 0 Å². The Kier molecular flexibility index (Phi) is 4.90. The van der Waals surface area contributed by atoms with Gasteiger partial charge in [0.15, 0.2) is 0 Å². The highest BCUT2D eigenvalue weighted by Crippen LogP contribution is 2.13. The number of pyridine rings is 1. The summed E-state index contributed by atoms with van der Waals surface area (Å²) in [6.07, 6.45) is -3.16. The minimum atomic E-state index is -4.37. The molecule has 1 amide bonds. The zero-order chi connectivity index (χ0) is 13.6. The zero-order valence-electron chi connectivity index (χ0n) is 9.21. The molecule has 0 fully saturated rings. The number of alkyl halides is 3. The number of carbonyl (C=O) groups is 1. The van der Waals surface area contributed by atoms with Crippen molar-refractivity contribution in [1.82, 2.24) is 10.3 Å². The summed E-state index contributed by atoms with van der Waals surface area (Å²) in [5.74, 6) is -0.498. The average Bonchev–Trinajstić information content (AvgIpc) is 2.27. The number of ether oxygens (including phenoxy) is 1. The van der Waals surface area contributed by atoms with Crippen molar-refractivity contribution >= 4 is 5.91 Å². The van der Waals surface area contributed by atoms with Gasteiger partial charge in [0, 0.05) is 18.8 Å². The molecule has 18 heavy (non-hydrogen) atoms. The molecule has 8 heteroatoms. The van der Waals surface area contributed by atoms with E-state index in [-0.39, 0.29) is 24.3 Å². The maximum absolute atomic E-state index is 11.7. The first-order valence-corrected chi connectivity index (χ1v) is 5.00. The minimum absolute atomic E-state index is 0.0476. The van der Waals surface area contributed by atoms with E-state index < -0.39 is 18.7 Å². The molecule has 0 bridgehead atoms. The summed E-state index contributed by atoms with van der Waals surface area (Å²) >= 11 is 0.